The van der Waals surface area contributed by atoms with E-state index in [1.165, 1.54) is 30.3 Å². The molecule has 116 valence electrons. The molecule has 4 nitrogen and oxygen atoms in total. The Kier molecular flexibility index (Phi) is 3.93. The summed E-state index contributed by atoms with van der Waals surface area (Å²) in [5, 5.41) is 0.710. The van der Waals surface area contributed by atoms with E-state index in [4.69, 9.17) is 9.15 Å². The minimum absolute atomic E-state index is 0.0681. The molecule has 0 aliphatic rings. The van der Waals surface area contributed by atoms with Crippen molar-refractivity contribution in [2.45, 2.75) is 13.5 Å². The number of ether oxygens (including phenoxy) is 1. The number of aryl methyl sites for hydroxylation is 1. The quantitative estimate of drug-likeness (QED) is 0.548. The van der Waals surface area contributed by atoms with Crippen LogP contribution in [-0.4, -0.2) is 5.97 Å². The van der Waals surface area contributed by atoms with Crippen LogP contribution in [-0.2, 0) is 11.3 Å². The monoisotopic (exact) mass is 312 g/mol. The molecule has 0 saturated heterocycles. The van der Waals surface area contributed by atoms with Gasteiger partial charge in [0.05, 0.1) is 5.56 Å². The maximum atomic E-state index is 12.9. The second kappa shape index (κ2) is 6.04. The van der Waals surface area contributed by atoms with Crippen LogP contribution in [0, 0.1) is 12.7 Å². The fourth-order valence-electron chi connectivity index (χ4n) is 2.27. The van der Waals surface area contributed by atoms with E-state index in [1.807, 2.05) is 19.1 Å². The summed E-state index contributed by atoms with van der Waals surface area (Å²) in [6.45, 7) is 1.82. The zero-order valence-electron chi connectivity index (χ0n) is 12.3. The summed E-state index contributed by atoms with van der Waals surface area (Å²) in [4.78, 5) is 23.6. The van der Waals surface area contributed by atoms with E-state index < -0.39 is 17.4 Å². The van der Waals surface area contributed by atoms with Gasteiger partial charge in [-0.25, -0.2) is 14.0 Å². The fourth-order valence-corrected chi connectivity index (χ4v) is 2.27. The summed E-state index contributed by atoms with van der Waals surface area (Å²) in [6, 6.07) is 11.8. The second-order valence-corrected chi connectivity index (χ2v) is 5.17. The Morgan fingerprint density at radius 2 is 1.87 bits per heavy atom. The third-order valence-electron chi connectivity index (χ3n) is 3.42. The van der Waals surface area contributed by atoms with Gasteiger partial charge in [-0.05, 0) is 42.8 Å². The molecule has 2 aromatic carbocycles. The second-order valence-electron chi connectivity index (χ2n) is 5.17. The van der Waals surface area contributed by atoms with Gasteiger partial charge in [0.1, 0.15) is 18.0 Å². The molecule has 5 heteroatoms. The lowest BCUT2D eigenvalue weighted by Crippen LogP contribution is -2.08. The summed E-state index contributed by atoms with van der Waals surface area (Å²) in [7, 11) is 0. The van der Waals surface area contributed by atoms with Crippen LogP contribution in [0.15, 0.2) is 57.7 Å². The first-order chi connectivity index (χ1) is 11.0. The summed E-state index contributed by atoms with van der Waals surface area (Å²) >= 11 is 0. The standard InChI is InChI=1S/C18H13FO4/c1-11-2-7-15-13(9-17(20)23-16(15)8-11)10-22-18(21)12-3-5-14(19)6-4-12/h2-9H,10H2,1H3. The van der Waals surface area contributed by atoms with Crippen LogP contribution < -0.4 is 5.63 Å². The summed E-state index contributed by atoms with van der Waals surface area (Å²) in [5.41, 5.74) is 1.71. The minimum Gasteiger partial charge on any atom is -0.457 e. The highest BCUT2D eigenvalue weighted by atomic mass is 19.1. The number of carbonyl (C=O) groups excluding carboxylic acids is 1. The van der Waals surface area contributed by atoms with Gasteiger partial charge in [-0.15, -0.1) is 0 Å². The predicted octanol–water partition coefficient (Wildman–Crippen LogP) is 3.60. The van der Waals surface area contributed by atoms with E-state index >= 15 is 0 Å². The van der Waals surface area contributed by atoms with Crippen molar-refractivity contribution in [1.82, 2.24) is 0 Å². The topological polar surface area (TPSA) is 56.5 Å². The predicted molar refractivity (Wildman–Crippen MR) is 82.7 cm³/mol. The first-order valence-corrected chi connectivity index (χ1v) is 6.99. The molecule has 0 amide bonds. The number of carbonyl (C=O) groups is 1. The lowest BCUT2D eigenvalue weighted by atomic mass is 10.1. The number of hydrogen-bond donors (Lipinski definition) is 0. The molecule has 1 aromatic heterocycles. The van der Waals surface area contributed by atoms with Gasteiger partial charge >= 0.3 is 11.6 Å². The van der Waals surface area contributed by atoms with Gasteiger partial charge in [-0.3, -0.25) is 0 Å². The third-order valence-corrected chi connectivity index (χ3v) is 3.42. The molecule has 23 heavy (non-hydrogen) atoms. The van der Waals surface area contributed by atoms with Crippen molar-refractivity contribution in [2.24, 2.45) is 0 Å². The smallest absolute Gasteiger partial charge is 0.338 e. The zero-order chi connectivity index (χ0) is 16.4. The lowest BCUT2D eigenvalue weighted by Gasteiger charge is -2.07. The van der Waals surface area contributed by atoms with Gasteiger partial charge in [0.25, 0.3) is 0 Å². The maximum absolute atomic E-state index is 12.9. The molecule has 0 fully saturated rings. The average molecular weight is 312 g/mol. The number of fused-ring (bicyclic) bond motifs is 1. The van der Waals surface area contributed by atoms with Crippen molar-refractivity contribution in [2.75, 3.05) is 0 Å². The van der Waals surface area contributed by atoms with Crippen molar-refractivity contribution in [3.63, 3.8) is 0 Å². The molecule has 0 aliphatic carbocycles. The van der Waals surface area contributed by atoms with Gasteiger partial charge in [0.15, 0.2) is 0 Å². The lowest BCUT2D eigenvalue weighted by molar-refractivity contribution is 0.0474. The molecule has 0 saturated carbocycles. The van der Waals surface area contributed by atoms with Crippen molar-refractivity contribution in [3.05, 3.63) is 81.5 Å². The van der Waals surface area contributed by atoms with Crippen LogP contribution in [0.25, 0.3) is 11.0 Å². The van der Waals surface area contributed by atoms with Crippen LogP contribution in [0.4, 0.5) is 4.39 Å². The van der Waals surface area contributed by atoms with E-state index in [0.29, 0.717) is 16.5 Å². The summed E-state index contributed by atoms with van der Waals surface area (Å²) < 4.78 is 23.2. The summed E-state index contributed by atoms with van der Waals surface area (Å²) in [5.74, 6) is -1.01. The summed E-state index contributed by atoms with van der Waals surface area (Å²) in [6.07, 6.45) is 0. The fraction of sp³-hybridized carbons (Fsp3) is 0.111. The van der Waals surface area contributed by atoms with Crippen molar-refractivity contribution < 1.29 is 18.3 Å². The molecule has 0 radical (unpaired) electrons. The Labute approximate surface area is 131 Å². The van der Waals surface area contributed by atoms with Crippen molar-refractivity contribution >= 4 is 16.9 Å². The Balaban J connectivity index is 1.85. The van der Waals surface area contributed by atoms with Gasteiger partial charge in [-0.2, -0.15) is 0 Å². The van der Waals surface area contributed by atoms with E-state index in [0.717, 1.165) is 5.56 Å². The molecular formula is C18H13FO4. The molecule has 1 heterocycles. The SMILES string of the molecule is Cc1ccc2c(COC(=O)c3ccc(F)cc3)cc(=O)oc2c1. The first kappa shape index (κ1) is 15.0. The molecule has 0 N–H and O–H groups in total. The minimum atomic E-state index is -0.585. The average Bonchev–Trinajstić information content (AvgIpc) is 2.52. The highest BCUT2D eigenvalue weighted by Gasteiger charge is 2.11. The first-order valence-electron chi connectivity index (χ1n) is 6.99. The molecule has 0 unspecified atom stereocenters. The number of rotatable bonds is 3. The van der Waals surface area contributed by atoms with E-state index in [9.17, 15) is 14.0 Å². The van der Waals surface area contributed by atoms with Crippen molar-refractivity contribution in [3.8, 4) is 0 Å². The molecular weight excluding hydrogens is 299 g/mol. The van der Waals surface area contributed by atoms with Gasteiger partial charge < -0.3 is 9.15 Å². The molecule has 0 aliphatic heterocycles. The number of benzene rings is 2. The van der Waals surface area contributed by atoms with Gasteiger partial charge in [0, 0.05) is 17.0 Å². The Morgan fingerprint density at radius 1 is 1.13 bits per heavy atom. The third kappa shape index (κ3) is 3.29. The largest absolute Gasteiger partial charge is 0.457 e. The molecule has 0 bridgehead atoms. The van der Waals surface area contributed by atoms with Gasteiger partial charge in [0.2, 0.25) is 0 Å². The molecule has 0 atom stereocenters. The normalized spacial score (nSPS) is 10.7. The highest BCUT2D eigenvalue weighted by Crippen LogP contribution is 2.19. The molecule has 3 aromatic rings. The highest BCUT2D eigenvalue weighted by molar-refractivity contribution is 5.89. The molecule has 3 rings (SSSR count). The van der Waals surface area contributed by atoms with E-state index in [2.05, 4.69) is 0 Å². The Bertz CT molecular complexity index is 926. The van der Waals surface area contributed by atoms with Crippen LogP contribution in [0.5, 0.6) is 0 Å². The Morgan fingerprint density at radius 3 is 2.61 bits per heavy atom. The van der Waals surface area contributed by atoms with E-state index in [-0.39, 0.29) is 12.2 Å². The Hall–Kier alpha value is -2.95. The number of esters is 1. The van der Waals surface area contributed by atoms with Crippen molar-refractivity contribution in [1.29, 1.82) is 0 Å². The van der Waals surface area contributed by atoms with Gasteiger partial charge in [-0.1, -0.05) is 12.1 Å². The number of hydrogen-bond acceptors (Lipinski definition) is 4. The van der Waals surface area contributed by atoms with Crippen LogP contribution in [0.2, 0.25) is 0 Å². The van der Waals surface area contributed by atoms with Crippen LogP contribution >= 0.6 is 0 Å². The van der Waals surface area contributed by atoms with Crippen LogP contribution in [0.3, 0.4) is 0 Å². The molecule has 0 spiro atoms. The zero-order valence-corrected chi connectivity index (χ0v) is 12.3. The van der Waals surface area contributed by atoms with E-state index in [1.54, 1.807) is 6.07 Å². The maximum Gasteiger partial charge on any atom is 0.338 e. The van der Waals surface area contributed by atoms with Crippen LogP contribution in [0.1, 0.15) is 21.5 Å². The number of halogens is 1.